The van der Waals surface area contributed by atoms with Gasteiger partial charge in [-0.1, -0.05) is 6.92 Å². The van der Waals surface area contributed by atoms with Crippen molar-refractivity contribution in [2.24, 2.45) is 7.05 Å². The van der Waals surface area contributed by atoms with Gasteiger partial charge in [0.05, 0.1) is 0 Å². The molecule has 0 N–H and O–H groups in total. The third kappa shape index (κ3) is 0.710. The fraction of sp³-hybridized carbons (Fsp3) is 0.600. The third-order valence-corrected chi connectivity index (χ3v) is 1.06. The molecular weight excluding hydrogens is 102 g/mol. The highest BCUT2D eigenvalue weighted by Crippen LogP contribution is 1.87. The highest BCUT2D eigenvalue weighted by Gasteiger charge is 1.92. The molecule has 0 unspecified atom stereocenters. The Hall–Kier alpha value is -0.860. The second-order valence-electron chi connectivity index (χ2n) is 1.61. The van der Waals surface area contributed by atoms with E-state index in [1.807, 2.05) is 14.0 Å². The van der Waals surface area contributed by atoms with E-state index in [-0.39, 0.29) is 0 Å². The molecule has 8 heavy (non-hydrogen) atoms. The molecule has 0 spiro atoms. The summed E-state index contributed by atoms with van der Waals surface area (Å²) in [5.74, 6) is 0.977. The number of rotatable bonds is 1. The smallest absolute Gasteiger partial charge is 0.221 e. The van der Waals surface area contributed by atoms with Crippen molar-refractivity contribution in [1.82, 2.24) is 14.8 Å². The first-order valence-corrected chi connectivity index (χ1v) is 2.60. The van der Waals surface area contributed by atoms with Crippen LogP contribution in [0.4, 0.5) is 0 Å². The maximum absolute atomic E-state index is 3.86. The Morgan fingerprint density at radius 1 is 1.75 bits per heavy atom. The van der Waals surface area contributed by atoms with Crippen LogP contribution in [-0.4, -0.2) is 14.8 Å². The molecule has 0 bridgehead atoms. The summed E-state index contributed by atoms with van der Waals surface area (Å²) in [5.41, 5.74) is 0. The first-order chi connectivity index (χ1) is 3.84. The molecule has 1 radical (unpaired) electrons. The number of aryl methyl sites for hydroxylation is 2. The van der Waals surface area contributed by atoms with Gasteiger partial charge >= 0.3 is 0 Å². The van der Waals surface area contributed by atoms with Crippen LogP contribution < -0.4 is 0 Å². The van der Waals surface area contributed by atoms with Crippen molar-refractivity contribution < 1.29 is 0 Å². The molecule has 1 rings (SSSR count). The summed E-state index contributed by atoms with van der Waals surface area (Å²) >= 11 is 0. The highest BCUT2D eigenvalue weighted by molar-refractivity contribution is 4.79. The first-order valence-electron chi connectivity index (χ1n) is 2.60. The summed E-state index contributed by atoms with van der Waals surface area (Å²) in [7, 11) is 1.86. The van der Waals surface area contributed by atoms with Gasteiger partial charge in [0.1, 0.15) is 5.82 Å². The largest absolute Gasteiger partial charge is 0.252 e. The van der Waals surface area contributed by atoms with Crippen LogP contribution in [0.2, 0.25) is 0 Å². The molecule has 3 nitrogen and oxygen atoms in total. The van der Waals surface area contributed by atoms with Crippen LogP contribution in [0, 0.1) is 6.33 Å². The van der Waals surface area contributed by atoms with Gasteiger partial charge in [-0.05, 0) is 0 Å². The highest BCUT2D eigenvalue weighted by atomic mass is 15.3. The zero-order valence-electron chi connectivity index (χ0n) is 5.05. The summed E-state index contributed by atoms with van der Waals surface area (Å²) in [6.45, 7) is 2.04. The Balaban J connectivity index is 2.92. The van der Waals surface area contributed by atoms with Crippen molar-refractivity contribution in [3.63, 3.8) is 0 Å². The molecule has 0 fully saturated rings. The Morgan fingerprint density at radius 2 is 2.50 bits per heavy atom. The Labute approximate surface area is 48.4 Å². The fourth-order valence-corrected chi connectivity index (χ4v) is 0.585. The SMILES string of the molecule is CCc1n[c]nn1C. The van der Waals surface area contributed by atoms with E-state index in [0.29, 0.717) is 0 Å². The standard InChI is InChI=1S/C5H8N3/c1-3-5-6-4-7-8(5)2/h3H2,1-2H3. The van der Waals surface area contributed by atoms with E-state index in [9.17, 15) is 0 Å². The van der Waals surface area contributed by atoms with E-state index >= 15 is 0 Å². The average molecular weight is 110 g/mol. The van der Waals surface area contributed by atoms with Gasteiger partial charge in [-0.2, -0.15) is 0 Å². The molecule has 0 saturated heterocycles. The normalized spacial score (nSPS) is 9.75. The van der Waals surface area contributed by atoms with Crippen molar-refractivity contribution in [2.75, 3.05) is 0 Å². The van der Waals surface area contributed by atoms with Crippen molar-refractivity contribution in [1.29, 1.82) is 0 Å². The summed E-state index contributed by atoms with van der Waals surface area (Å²) in [5, 5.41) is 3.77. The molecule has 0 saturated carbocycles. The average Bonchev–Trinajstić information content (AvgIpc) is 2.14. The predicted molar refractivity (Wildman–Crippen MR) is 29.2 cm³/mol. The van der Waals surface area contributed by atoms with E-state index in [1.165, 1.54) is 0 Å². The molecule has 1 aromatic heterocycles. The zero-order valence-corrected chi connectivity index (χ0v) is 5.05. The fourth-order valence-electron chi connectivity index (χ4n) is 0.585. The third-order valence-electron chi connectivity index (χ3n) is 1.06. The molecule has 1 heterocycles. The Morgan fingerprint density at radius 3 is 2.75 bits per heavy atom. The van der Waals surface area contributed by atoms with Crippen molar-refractivity contribution >= 4 is 0 Å². The minimum atomic E-state index is 0.924. The van der Waals surface area contributed by atoms with Gasteiger partial charge < -0.3 is 0 Å². The molecule has 0 aliphatic rings. The Kier molecular flexibility index (Phi) is 1.28. The van der Waals surface area contributed by atoms with E-state index in [0.717, 1.165) is 12.2 Å². The number of aromatic nitrogens is 3. The van der Waals surface area contributed by atoms with Crippen LogP contribution >= 0.6 is 0 Å². The molecule has 0 amide bonds. The van der Waals surface area contributed by atoms with Crippen LogP contribution in [0.25, 0.3) is 0 Å². The first kappa shape index (κ1) is 5.28. The van der Waals surface area contributed by atoms with Crippen LogP contribution in [-0.2, 0) is 13.5 Å². The summed E-state index contributed by atoms with van der Waals surface area (Å²) in [6.07, 6.45) is 3.44. The summed E-state index contributed by atoms with van der Waals surface area (Å²) in [4.78, 5) is 3.86. The van der Waals surface area contributed by atoms with Gasteiger partial charge in [-0.15, -0.1) is 5.10 Å². The molecule has 0 atom stereocenters. The van der Waals surface area contributed by atoms with Gasteiger partial charge in [-0.3, -0.25) is 4.68 Å². The minimum Gasteiger partial charge on any atom is -0.252 e. The molecule has 0 aliphatic heterocycles. The van der Waals surface area contributed by atoms with Crippen LogP contribution in [0.3, 0.4) is 0 Å². The summed E-state index contributed by atoms with van der Waals surface area (Å²) in [6, 6.07) is 0. The van der Waals surface area contributed by atoms with Gasteiger partial charge in [0, 0.05) is 13.5 Å². The molecule has 43 valence electrons. The molecule has 0 aliphatic carbocycles. The molecular formula is C5H8N3. The lowest BCUT2D eigenvalue weighted by Gasteiger charge is -1.90. The lowest BCUT2D eigenvalue weighted by Crippen LogP contribution is -1.96. The van der Waals surface area contributed by atoms with Crippen molar-refractivity contribution in [2.45, 2.75) is 13.3 Å². The molecule has 1 aromatic rings. The lowest BCUT2D eigenvalue weighted by molar-refractivity contribution is 0.708. The monoisotopic (exact) mass is 110 g/mol. The van der Waals surface area contributed by atoms with Crippen molar-refractivity contribution in [3.05, 3.63) is 12.2 Å². The molecule has 3 heteroatoms. The van der Waals surface area contributed by atoms with Gasteiger partial charge in [0.25, 0.3) is 0 Å². The quantitative estimate of drug-likeness (QED) is 0.516. The van der Waals surface area contributed by atoms with Crippen LogP contribution in [0.1, 0.15) is 12.7 Å². The van der Waals surface area contributed by atoms with E-state index in [1.54, 1.807) is 4.68 Å². The number of nitrogens with zero attached hydrogens (tertiary/aromatic N) is 3. The topological polar surface area (TPSA) is 30.7 Å². The zero-order chi connectivity index (χ0) is 5.98. The second kappa shape index (κ2) is 1.94. The number of hydrogen-bond acceptors (Lipinski definition) is 2. The van der Waals surface area contributed by atoms with Crippen LogP contribution in [0.5, 0.6) is 0 Å². The maximum Gasteiger partial charge on any atom is 0.221 e. The second-order valence-corrected chi connectivity index (χ2v) is 1.61. The van der Waals surface area contributed by atoms with E-state index < -0.39 is 0 Å². The van der Waals surface area contributed by atoms with Gasteiger partial charge in [0.15, 0.2) is 0 Å². The van der Waals surface area contributed by atoms with Gasteiger partial charge in [0.2, 0.25) is 6.33 Å². The predicted octanol–water partition coefficient (Wildman–Crippen LogP) is 0.178. The lowest BCUT2D eigenvalue weighted by atomic mass is 10.5. The minimum absolute atomic E-state index is 0.924. The van der Waals surface area contributed by atoms with Crippen LogP contribution in [0.15, 0.2) is 0 Å². The Bertz CT molecular complexity index is 168. The number of hydrogen-bond donors (Lipinski definition) is 0. The summed E-state index contributed by atoms with van der Waals surface area (Å²) < 4.78 is 1.72. The maximum atomic E-state index is 3.86. The molecule has 0 aromatic carbocycles. The van der Waals surface area contributed by atoms with Gasteiger partial charge in [-0.25, -0.2) is 4.98 Å². The van der Waals surface area contributed by atoms with E-state index in [4.69, 9.17) is 0 Å². The van der Waals surface area contributed by atoms with E-state index in [2.05, 4.69) is 16.4 Å². The van der Waals surface area contributed by atoms with Crippen molar-refractivity contribution in [3.8, 4) is 0 Å².